The lowest BCUT2D eigenvalue weighted by atomic mass is 10.1. The maximum Gasteiger partial charge on any atom is 0.275 e. The van der Waals surface area contributed by atoms with Gasteiger partial charge in [0.2, 0.25) is 0 Å². The van der Waals surface area contributed by atoms with Crippen LogP contribution in [-0.4, -0.2) is 36.0 Å². The normalized spacial score (nSPS) is 16.2. The molecule has 0 spiro atoms. The van der Waals surface area contributed by atoms with E-state index in [1.54, 1.807) is 44.8 Å². The Morgan fingerprint density at radius 3 is 2.71 bits per heavy atom. The second-order valence-corrected chi connectivity index (χ2v) is 8.66. The van der Waals surface area contributed by atoms with Crippen LogP contribution in [-0.2, 0) is 13.1 Å². The smallest absolute Gasteiger partial charge is 0.275 e. The molecule has 0 radical (unpaired) electrons. The van der Waals surface area contributed by atoms with Crippen LogP contribution < -0.4 is 5.56 Å². The Hall–Kier alpha value is -3.03. The lowest BCUT2D eigenvalue weighted by molar-refractivity contribution is 0.0591. The molecule has 4 aromatic rings. The first-order valence-electron chi connectivity index (χ1n) is 9.84. The van der Waals surface area contributed by atoms with Gasteiger partial charge in [0.05, 0.1) is 22.1 Å². The first-order valence-corrected chi connectivity index (χ1v) is 10.6. The Balaban J connectivity index is 1.51. The number of imidazole rings is 1. The van der Waals surface area contributed by atoms with Crippen molar-refractivity contribution in [3.63, 3.8) is 0 Å². The van der Waals surface area contributed by atoms with Crippen molar-refractivity contribution in [2.75, 3.05) is 0 Å². The van der Waals surface area contributed by atoms with Crippen molar-refractivity contribution in [2.45, 2.75) is 33.0 Å². The fourth-order valence-corrected chi connectivity index (χ4v) is 4.44. The highest BCUT2D eigenvalue weighted by Gasteiger charge is 2.31. The number of carbonyl (C=O) groups is 1. The van der Waals surface area contributed by atoms with Crippen molar-refractivity contribution < 1.29 is 4.79 Å². The van der Waals surface area contributed by atoms with Crippen LogP contribution in [0.15, 0.2) is 47.8 Å². The molecule has 0 aliphatic carbocycles. The number of amides is 1. The van der Waals surface area contributed by atoms with Gasteiger partial charge >= 0.3 is 0 Å². The number of benzene rings is 1. The monoisotopic (exact) mass is 455 g/mol. The van der Waals surface area contributed by atoms with E-state index in [2.05, 4.69) is 9.97 Å². The Kier molecular flexibility index (Phi) is 4.68. The summed E-state index contributed by atoms with van der Waals surface area (Å²) in [6, 6.07) is 6.80. The van der Waals surface area contributed by atoms with E-state index in [0.717, 1.165) is 22.2 Å². The summed E-state index contributed by atoms with van der Waals surface area (Å²) in [5, 5.41) is 1.86. The third-order valence-electron chi connectivity index (χ3n) is 5.75. The maximum absolute atomic E-state index is 13.3. The van der Waals surface area contributed by atoms with E-state index < -0.39 is 0 Å². The van der Waals surface area contributed by atoms with Gasteiger partial charge in [0.25, 0.3) is 11.5 Å². The minimum Gasteiger partial charge on any atom is -0.361 e. The number of aromatic amines is 1. The summed E-state index contributed by atoms with van der Waals surface area (Å²) in [6.45, 7) is 4.62. The van der Waals surface area contributed by atoms with Gasteiger partial charge in [0, 0.05) is 42.4 Å². The Bertz CT molecular complexity index is 1400. The topological polar surface area (TPSA) is 75.9 Å². The fraction of sp³-hybridized carbons (Fsp3) is 0.227. The number of hydrogen-bond donors (Lipinski definition) is 1. The number of nitrogens with one attached hydrogen (secondary N) is 1. The summed E-state index contributed by atoms with van der Waals surface area (Å²) in [6.07, 6.45) is 5.26. The number of hydrogen-bond acceptors (Lipinski definition) is 3. The van der Waals surface area contributed by atoms with Crippen molar-refractivity contribution in [1.29, 1.82) is 0 Å². The molecule has 0 bridgehead atoms. The van der Waals surface area contributed by atoms with Crippen molar-refractivity contribution >= 4 is 40.0 Å². The molecule has 1 N–H and O–H groups in total. The number of nitrogens with zero attached hydrogens (tertiary/aromatic N) is 4. The number of pyridine rings is 1. The van der Waals surface area contributed by atoms with E-state index in [9.17, 15) is 9.59 Å². The van der Waals surface area contributed by atoms with Crippen molar-refractivity contribution in [2.24, 2.45) is 0 Å². The largest absolute Gasteiger partial charge is 0.361 e. The lowest BCUT2D eigenvalue weighted by Crippen LogP contribution is -2.49. The third-order valence-corrected chi connectivity index (χ3v) is 6.47. The third kappa shape index (κ3) is 3.25. The predicted molar refractivity (Wildman–Crippen MR) is 120 cm³/mol. The zero-order valence-corrected chi connectivity index (χ0v) is 18.4. The van der Waals surface area contributed by atoms with Crippen LogP contribution in [0.5, 0.6) is 0 Å². The molecule has 158 valence electrons. The highest BCUT2D eigenvalue weighted by Crippen LogP contribution is 2.31. The van der Waals surface area contributed by atoms with E-state index in [1.807, 2.05) is 26.1 Å². The van der Waals surface area contributed by atoms with Gasteiger partial charge in [-0.05, 0) is 43.7 Å². The molecule has 0 saturated heterocycles. The molecule has 4 heterocycles. The molecule has 3 aromatic heterocycles. The Morgan fingerprint density at radius 1 is 1.19 bits per heavy atom. The molecule has 1 aliphatic heterocycles. The van der Waals surface area contributed by atoms with Crippen molar-refractivity contribution in [3.05, 3.63) is 80.3 Å². The number of halogens is 2. The molecule has 9 heteroatoms. The van der Waals surface area contributed by atoms with Crippen LogP contribution in [0.4, 0.5) is 0 Å². The number of H-pyrrole nitrogens is 1. The van der Waals surface area contributed by atoms with Crippen LogP contribution in [0.1, 0.15) is 28.7 Å². The standard InChI is InChI=1S/C22H19Cl2N5O2/c1-12-8-27(11-26-12)19-3-4-20-22(31)28(13(2)9-29(20)21(19)30)10-14-7-25-18-6-17(24)16(23)5-15(14)18/h3-8,11,13,25H,9-10H2,1-2H3/t13-/m1/s1. The van der Waals surface area contributed by atoms with Crippen molar-refractivity contribution in [1.82, 2.24) is 24.0 Å². The molecular weight excluding hydrogens is 437 g/mol. The van der Waals surface area contributed by atoms with Gasteiger partial charge in [-0.1, -0.05) is 23.2 Å². The minimum atomic E-state index is -0.205. The van der Waals surface area contributed by atoms with Crippen LogP contribution >= 0.6 is 23.2 Å². The summed E-state index contributed by atoms with van der Waals surface area (Å²) >= 11 is 12.3. The van der Waals surface area contributed by atoms with Crippen LogP contribution in [0, 0.1) is 6.92 Å². The van der Waals surface area contributed by atoms with Gasteiger partial charge in [-0.3, -0.25) is 9.59 Å². The van der Waals surface area contributed by atoms with Crippen molar-refractivity contribution in [3.8, 4) is 5.69 Å². The minimum absolute atomic E-state index is 0.162. The summed E-state index contributed by atoms with van der Waals surface area (Å²) in [7, 11) is 0. The second kappa shape index (κ2) is 7.28. The molecule has 1 atom stereocenters. The maximum atomic E-state index is 13.3. The van der Waals surface area contributed by atoms with Gasteiger partial charge < -0.3 is 19.0 Å². The molecule has 31 heavy (non-hydrogen) atoms. The number of rotatable bonds is 3. The Labute approximate surface area is 187 Å². The fourth-order valence-electron chi connectivity index (χ4n) is 4.11. The summed E-state index contributed by atoms with van der Waals surface area (Å²) < 4.78 is 3.24. The molecular formula is C22H19Cl2N5O2. The molecule has 0 saturated carbocycles. The average molecular weight is 456 g/mol. The van der Waals surface area contributed by atoms with E-state index >= 15 is 0 Å². The Morgan fingerprint density at radius 2 is 1.97 bits per heavy atom. The first-order chi connectivity index (χ1) is 14.8. The molecule has 1 aromatic carbocycles. The van der Waals surface area contributed by atoms with Crippen LogP contribution in [0.2, 0.25) is 10.0 Å². The molecule has 1 amide bonds. The predicted octanol–water partition coefficient (Wildman–Crippen LogP) is 4.18. The summed E-state index contributed by atoms with van der Waals surface area (Å²) in [5.74, 6) is -0.182. The van der Waals surface area contributed by atoms with Gasteiger partial charge in [0.15, 0.2) is 0 Å². The van der Waals surface area contributed by atoms with Gasteiger partial charge in [-0.2, -0.15) is 0 Å². The molecule has 7 nitrogen and oxygen atoms in total. The van der Waals surface area contributed by atoms with E-state index in [4.69, 9.17) is 23.2 Å². The number of aryl methyl sites for hydroxylation is 1. The molecule has 0 fully saturated rings. The summed E-state index contributed by atoms with van der Waals surface area (Å²) in [4.78, 5) is 35.5. The first kappa shape index (κ1) is 19.9. The zero-order valence-electron chi connectivity index (χ0n) is 16.9. The number of fused-ring (bicyclic) bond motifs is 2. The van der Waals surface area contributed by atoms with E-state index in [-0.39, 0.29) is 17.5 Å². The quantitative estimate of drug-likeness (QED) is 0.503. The van der Waals surface area contributed by atoms with E-state index in [0.29, 0.717) is 34.5 Å². The lowest BCUT2D eigenvalue weighted by Gasteiger charge is -2.35. The van der Waals surface area contributed by atoms with Gasteiger partial charge in [0.1, 0.15) is 11.4 Å². The number of carbonyl (C=O) groups excluding carboxylic acids is 1. The van der Waals surface area contributed by atoms with Gasteiger partial charge in [-0.25, -0.2) is 4.98 Å². The molecule has 1 aliphatic rings. The zero-order chi connectivity index (χ0) is 21.9. The highest BCUT2D eigenvalue weighted by atomic mass is 35.5. The highest BCUT2D eigenvalue weighted by molar-refractivity contribution is 6.42. The second-order valence-electron chi connectivity index (χ2n) is 7.85. The molecule has 0 unspecified atom stereocenters. The molecule has 5 rings (SSSR count). The van der Waals surface area contributed by atoms with E-state index in [1.165, 1.54) is 0 Å². The summed E-state index contributed by atoms with van der Waals surface area (Å²) in [5.41, 5.74) is 3.26. The number of aromatic nitrogens is 4. The average Bonchev–Trinajstić information content (AvgIpc) is 3.32. The van der Waals surface area contributed by atoms with Crippen LogP contribution in [0.3, 0.4) is 0 Å². The van der Waals surface area contributed by atoms with Crippen LogP contribution in [0.25, 0.3) is 16.6 Å². The van der Waals surface area contributed by atoms with Gasteiger partial charge in [-0.15, -0.1) is 0 Å². The SMILES string of the molecule is Cc1cn(-c2ccc3n(c2=O)C[C@@H](C)N(Cc2c[nH]c4cc(Cl)c(Cl)cc24)C3=O)cn1.